The zero-order valence-corrected chi connectivity index (χ0v) is 14.4. The standard InChI is InChI=1S/C14H19BrFNO3S/c1-3-12-5-4-9(2)17(12)21(19,20)13-7-11(15)6-10(8-18)14(13)16/h6-7,9,12,18H,3-5,8H2,1-2H3. The molecule has 1 aromatic carbocycles. The summed E-state index contributed by atoms with van der Waals surface area (Å²) in [5.74, 6) is -0.866. The summed E-state index contributed by atoms with van der Waals surface area (Å²) < 4.78 is 41.9. The van der Waals surface area contributed by atoms with Crippen LogP contribution in [0.2, 0.25) is 0 Å². The number of halogens is 2. The Morgan fingerprint density at radius 3 is 2.67 bits per heavy atom. The average molecular weight is 380 g/mol. The molecule has 1 fully saturated rings. The van der Waals surface area contributed by atoms with E-state index in [-0.39, 0.29) is 22.5 Å². The zero-order valence-electron chi connectivity index (χ0n) is 12.0. The summed E-state index contributed by atoms with van der Waals surface area (Å²) in [6.45, 7) is 3.23. The largest absolute Gasteiger partial charge is 0.392 e. The van der Waals surface area contributed by atoms with Gasteiger partial charge >= 0.3 is 0 Å². The lowest BCUT2D eigenvalue weighted by Gasteiger charge is -2.27. The smallest absolute Gasteiger partial charge is 0.246 e. The average Bonchev–Trinajstić information content (AvgIpc) is 2.82. The molecule has 0 spiro atoms. The van der Waals surface area contributed by atoms with Crippen LogP contribution < -0.4 is 0 Å². The molecule has 2 rings (SSSR count). The van der Waals surface area contributed by atoms with Crippen molar-refractivity contribution in [3.05, 3.63) is 28.0 Å². The molecule has 1 saturated heterocycles. The van der Waals surface area contributed by atoms with E-state index >= 15 is 0 Å². The number of hydrogen-bond acceptors (Lipinski definition) is 3. The van der Waals surface area contributed by atoms with Crippen LogP contribution in [0.4, 0.5) is 4.39 Å². The van der Waals surface area contributed by atoms with Crippen LogP contribution in [0.25, 0.3) is 0 Å². The van der Waals surface area contributed by atoms with E-state index in [1.807, 2.05) is 13.8 Å². The SMILES string of the molecule is CCC1CCC(C)N1S(=O)(=O)c1cc(Br)cc(CO)c1F. The second kappa shape index (κ2) is 6.32. The van der Waals surface area contributed by atoms with Crippen molar-refractivity contribution < 1.29 is 17.9 Å². The molecule has 1 aliphatic rings. The summed E-state index contributed by atoms with van der Waals surface area (Å²) in [6, 6.07) is 2.41. The van der Waals surface area contributed by atoms with Crippen LogP contribution in [-0.4, -0.2) is 29.9 Å². The third-order valence-corrected chi connectivity index (χ3v) is 6.51. The number of aliphatic hydroxyl groups excluding tert-OH is 1. The van der Waals surface area contributed by atoms with Crippen LogP contribution in [-0.2, 0) is 16.6 Å². The van der Waals surface area contributed by atoms with Crippen LogP contribution >= 0.6 is 15.9 Å². The molecule has 1 aliphatic heterocycles. The van der Waals surface area contributed by atoms with Gasteiger partial charge in [-0.15, -0.1) is 0 Å². The first kappa shape index (κ1) is 16.9. The van der Waals surface area contributed by atoms with Gasteiger partial charge in [-0.25, -0.2) is 12.8 Å². The highest BCUT2D eigenvalue weighted by Gasteiger charge is 2.40. The minimum absolute atomic E-state index is 0.0251. The molecule has 0 saturated carbocycles. The Morgan fingerprint density at radius 1 is 1.43 bits per heavy atom. The van der Waals surface area contributed by atoms with E-state index in [1.54, 1.807) is 0 Å². The molecule has 0 aliphatic carbocycles. The highest BCUT2D eigenvalue weighted by molar-refractivity contribution is 9.10. The van der Waals surface area contributed by atoms with Gasteiger partial charge in [0.05, 0.1) is 6.61 Å². The van der Waals surface area contributed by atoms with Gasteiger partial charge in [0.15, 0.2) is 0 Å². The predicted molar refractivity (Wildman–Crippen MR) is 81.8 cm³/mol. The number of benzene rings is 1. The lowest BCUT2D eigenvalue weighted by molar-refractivity contribution is 0.274. The molecule has 21 heavy (non-hydrogen) atoms. The zero-order chi connectivity index (χ0) is 15.8. The maximum absolute atomic E-state index is 14.4. The van der Waals surface area contributed by atoms with Gasteiger partial charge in [0, 0.05) is 22.1 Å². The molecule has 0 bridgehead atoms. The summed E-state index contributed by atoms with van der Waals surface area (Å²) in [4.78, 5) is -0.367. The van der Waals surface area contributed by atoms with Crippen molar-refractivity contribution in [2.75, 3.05) is 0 Å². The molecule has 4 nitrogen and oxygen atoms in total. The fourth-order valence-corrected chi connectivity index (χ4v) is 5.64. The van der Waals surface area contributed by atoms with Gasteiger partial charge in [0.25, 0.3) is 0 Å². The van der Waals surface area contributed by atoms with Gasteiger partial charge in [-0.3, -0.25) is 0 Å². The minimum Gasteiger partial charge on any atom is -0.392 e. The monoisotopic (exact) mass is 379 g/mol. The minimum atomic E-state index is -3.92. The van der Waals surface area contributed by atoms with Crippen molar-refractivity contribution in [2.45, 2.75) is 56.7 Å². The number of hydrogen-bond donors (Lipinski definition) is 1. The van der Waals surface area contributed by atoms with Crippen molar-refractivity contribution in [1.29, 1.82) is 0 Å². The maximum atomic E-state index is 14.4. The summed E-state index contributed by atoms with van der Waals surface area (Å²) >= 11 is 3.18. The van der Waals surface area contributed by atoms with Gasteiger partial charge < -0.3 is 5.11 Å². The lowest BCUT2D eigenvalue weighted by atomic mass is 10.2. The van der Waals surface area contributed by atoms with Gasteiger partial charge in [0.2, 0.25) is 10.0 Å². The molecule has 1 N–H and O–H groups in total. The van der Waals surface area contributed by atoms with Gasteiger partial charge in [-0.2, -0.15) is 4.31 Å². The summed E-state index contributed by atoms with van der Waals surface area (Å²) in [5, 5.41) is 9.18. The van der Waals surface area contributed by atoms with Crippen LogP contribution in [0.15, 0.2) is 21.5 Å². The van der Waals surface area contributed by atoms with Crippen LogP contribution in [0.5, 0.6) is 0 Å². The Morgan fingerprint density at radius 2 is 2.10 bits per heavy atom. The second-order valence-corrected chi connectivity index (χ2v) is 8.09. The molecule has 0 aromatic heterocycles. The Labute approximate surface area is 133 Å². The summed E-state index contributed by atoms with van der Waals surface area (Å²) in [5.41, 5.74) is -0.0251. The van der Waals surface area contributed by atoms with Crippen LogP contribution in [0.3, 0.4) is 0 Å². The predicted octanol–water partition coefficient (Wildman–Crippen LogP) is 3.03. The molecule has 2 unspecified atom stereocenters. The van der Waals surface area contributed by atoms with Crippen molar-refractivity contribution in [3.8, 4) is 0 Å². The van der Waals surface area contributed by atoms with Gasteiger partial charge in [-0.05, 0) is 38.3 Å². The number of aliphatic hydroxyl groups is 1. The first-order chi connectivity index (χ1) is 9.82. The quantitative estimate of drug-likeness (QED) is 0.874. The molecule has 1 aromatic rings. The van der Waals surface area contributed by atoms with E-state index in [9.17, 15) is 17.9 Å². The third-order valence-electron chi connectivity index (χ3n) is 3.99. The normalized spacial score (nSPS) is 23.7. The van der Waals surface area contributed by atoms with Crippen molar-refractivity contribution in [2.24, 2.45) is 0 Å². The Hall–Kier alpha value is -0.500. The molecule has 0 radical (unpaired) electrons. The molecule has 7 heteroatoms. The molecule has 2 atom stereocenters. The number of sulfonamides is 1. The van der Waals surface area contributed by atoms with Gasteiger partial charge in [0.1, 0.15) is 10.7 Å². The van der Waals surface area contributed by atoms with Gasteiger partial charge in [-0.1, -0.05) is 22.9 Å². The third kappa shape index (κ3) is 3.02. The summed E-state index contributed by atoms with van der Waals surface area (Å²) in [6.07, 6.45) is 2.27. The number of nitrogens with zero attached hydrogens (tertiary/aromatic N) is 1. The topological polar surface area (TPSA) is 57.6 Å². The van der Waals surface area contributed by atoms with Crippen LogP contribution in [0.1, 0.15) is 38.7 Å². The van der Waals surface area contributed by atoms with E-state index in [1.165, 1.54) is 16.4 Å². The second-order valence-electron chi connectivity index (χ2n) is 5.36. The van der Waals surface area contributed by atoms with Crippen molar-refractivity contribution in [1.82, 2.24) is 4.31 Å². The van der Waals surface area contributed by atoms with E-state index in [4.69, 9.17) is 0 Å². The van der Waals surface area contributed by atoms with E-state index in [0.717, 1.165) is 12.8 Å². The first-order valence-electron chi connectivity index (χ1n) is 6.95. The Kier molecular flexibility index (Phi) is 5.07. The highest BCUT2D eigenvalue weighted by Crippen LogP contribution is 2.35. The fraction of sp³-hybridized carbons (Fsp3) is 0.571. The van der Waals surface area contributed by atoms with E-state index < -0.39 is 22.4 Å². The Balaban J connectivity index is 2.56. The first-order valence-corrected chi connectivity index (χ1v) is 9.18. The van der Waals surface area contributed by atoms with E-state index in [0.29, 0.717) is 10.9 Å². The maximum Gasteiger partial charge on any atom is 0.246 e. The fourth-order valence-electron chi connectivity index (χ4n) is 2.90. The summed E-state index contributed by atoms with van der Waals surface area (Å²) in [7, 11) is -3.92. The Bertz CT molecular complexity index is 635. The van der Waals surface area contributed by atoms with Crippen molar-refractivity contribution >= 4 is 26.0 Å². The lowest BCUT2D eigenvalue weighted by Crippen LogP contribution is -2.40. The molecular weight excluding hydrogens is 361 g/mol. The molecule has 118 valence electrons. The number of rotatable bonds is 4. The molecular formula is C14H19BrFNO3S. The van der Waals surface area contributed by atoms with Crippen molar-refractivity contribution in [3.63, 3.8) is 0 Å². The molecule has 0 amide bonds. The highest BCUT2D eigenvalue weighted by atomic mass is 79.9. The van der Waals surface area contributed by atoms with Crippen LogP contribution in [0, 0.1) is 5.82 Å². The van der Waals surface area contributed by atoms with E-state index in [2.05, 4.69) is 15.9 Å². The molecule has 1 heterocycles.